The number of rotatable bonds is 18. The summed E-state index contributed by atoms with van der Waals surface area (Å²) in [5, 5.41) is 0. The van der Waals surface area contributed by atoms with Crippen LogP contribution in [0.25, 0.3) is 0 Å². The molecule has 1 atom stereocenters. The van der Waals surface area contributed by atoms with Gasteiger partial charge in [0, 0.05) is 24.9 Å². The third kappa shape index (κ3) is 15.4. The molecule has 0 saturated heterocycles. The molecular weight excluding hydrogens is 322 g/mol. The summed E-state index contributed by atoms with van der Waals surface area (Å²) in [6.07, 6.45) is 1.38. The van der Waals surface area contributed by atoms with Crippen LogP contribution in [-0.4, -0.2) is 83.2 Å². The maximum Gasteiger partial charge on any atom is 0.137 e. The van der Waals surface area contributed by atoms with E-state index in [0.717, 1.165) is 19.6 Å². The van der Waals surface area contributed by atoms with Crippen LogP contribution >= 0.6 is 0 Å². The van der Waals surface area contributed by atoms with E-state index in [0.29, 0.717) is 58.7 Å². The van der Waals surface area contributed by atoms with E-state index in [-0.39, 0.29) is 11.7 Å². The molecule has 0 aromatic rings. The lowest BCUT2D eigenvalue weighted by Gasteiger charge is -2.20. The Kier molecular flexibility index (Phi) is 16.6. The summed E-state index contributed by atoms with van der Waals surface area (Å²) in [4.78, 5) is 13.8. The largest absolute Gasteiger partial charge is 0.379 e. The van der Waals surface area contributed by atoms with E-state index in [1.165, 1.54) is 0 Å². The van der Waals surface area contributed by atoms with E-state index in [4.69, 9.17) is 18.9 Å². The molecule has 0 spiro atoms. The minimum atomic E-state index is 0.136. The van der Waals surface area contributed by atoms with Crippen molar-refractivity contribution in [1.29, 1.82) is 0 Å². The molecule has 0 aromatic carbocycles. The number of likely N-dealkylation sites (N-methyl/N-ethyl adjacent to an activating group) is 1. The van der Waals surface area contributed by atoms with Crippen molar-refractivity contribution in [2.24, 2.45) is 5.92 Å². The molecule has 0 rings (SSSR count). The van der Waals surface area contributed by atoms with Crippen LogP contribution in [0.4, 0.5) is 0 Å². The van der Waals surface area contributed by atoms with Gasteiger partial charge in [-0.25, -0.2) is 0 Å². The minimum Gasteiger partial charge on any atom is -0.379 e. The Bertz CT molecular complexity index is 312. The van der Waals surface area contributed by atoms with Crippen LogP contribution in [0.15, 0.2) is 0 Å². The maximum absolute atomic E-state index is 11.6. The molecule has 0 radical (unpaired) electrons. The summed E-state index contributed by atoms with van der Waals surface area (Å²) in [6.45, 7) is 13.8. The zero-order valence-electron chi connectivity index (χ0n) is 16.9. The molecule has 0 aromatic heterocycles. The highest BCUT2D eigenvalue weighted by atomic mass is 16.6. The van der Waals surface area contributed by atoms with E-state index in [1.807, 2.05) is 13.8 Å². The van der Waals surface area contributed by atoms with Gasteiger partial charge in [0.05, 0.1) is 52.9 Å². The van der Waals surface area contributed by atoms with Crippen molar-refractivity contribution < 1.29 is 23.7 Å². The van der Waals surface area contributed by atoms with E-state index in [1.54, 1.807) is 0 Å². The molecule has 0 aliphatic heterocycles. The number of hydrogen-bond acceptors (Lipinski definition) is 6. The van der Waals surface area contributed by atoms with Gasteiger partial charge in [0.25, 0.3) is 0 Å². The number of hydrogen-bond donors (Lipinski definition) is 0. The van der Waals surface area contributed by atoms with Crippen molar-refractivity contribution in [2.75, 3.05) is 66.4 Å². The molecule has 6 nitrogen and oxygen atoms in total. The minimum absolute atomic E-state index is 0.136. The number of carbonyl (C=O) groups is 1. The summed E-state index contributed by atoms with van der Waals surface area (Å²) in [7, 11) is 2.09. The third-order valence-electron chi connectivity index (χ3n) is 4.24. The number of ketones is 1. The molecule has 25 heavy (non-hydrogen) atoms. The molecule has 1 unspecified atom stereocenters. The van der Waals surface area contributed by atoms with Gasteiger partial charge in [-0.15, -0.1) is 0 Å². The van der Waals surface area contributed by atoms with E-state index in [9.17, 15) is 4.79 Å². The highest BCUT2D eigenvalue weighted by Gasteiger charge is 2.09. The van der Waals surface area contributed by atoms with Crippen LogP contribution < -0.4 is 0 Å². The fraction of sp³-hybridized carbons (Fsp3) is 0.947. The van der Waals surface area contributed by atoms with Crippen molar-refractivity contribution in [2.45, 2.75) is 46.6 Å². The molecule has 0 aliphatic carbocycles. The molecule has 0 aliphatic rings. The molecule has 0 N–H and O–H groups in total. The molecule has 0 amide bonds. The Morgan fingerprint density at radius 1 is 0.800 bits per heavy atom. The average Bonchev–Trinajstić information content (AvgIpc) is 2.60. The SMILES string of the molecule is CCC(C)C(=O)CCOCCOCCOCCOCCN(C)C(C)C. The van der Waals surface area contributed by atoms with E-state index in [2.05, 4.69) is 25.8 Å². The normalized spacial score (nSPS) is 12.9. The van der Waals surface area contributed by atoms with Crippen LogP contribution in [0.3, 0.4) is 0 Å². The smallest absolute Gasteiger partial charge is 0.137 e. The quantitative estimate of drug-likeness (QED) is 0.350. The second-order valence-electron chi connectivity index (χ2n) is 6.55. The monoisotopic (exact) mass is 361 g/mol. The topological polar surface area (TPSA) is 57.2 Å². The first-order valence-corrected chi connectivity index (χ1v) is 9.52. The Morgan fingerprint density at radius 2 is 1.24 bits per heavy atom. The number of ether oxygens (including phenoxy) is 4. The highest BCUT2D eigenvalue weighted by Crippen LogP contribution is 2.04. The van der Waals surface area contributed by atoms with Gasteiger partial charge in [0.1, 0.15) is 5.78 Å². The lowest BCUT2D eigenvalue weighted by atomic mass is 10.0. The van der Waals surface area contributed by atoms with Gasteiger partial charge in [-0.3, -0.25) is 4.79 Å². The Labute approximate surface area is 154 Å². The van der Waals surface area contributed by atoms with Gasteiger partial charge in [0.15, 0.2) is 0 Å². The second kappa shape index (κ2) is 16.9. The Morgan fingerprint density at radius 3 is 1.68 bits per heavy atom. The van der Waals surface area contributed by atoms with E-state index < -0.39 is 0 Å². The van der Waals surface area contributed by atoms with Gasteiger partial charge in [-0.05, 0) is 27.3 Å². The van der Waals surface area contributed by atoms with Crippen molar-refractivity contribution in [1.82, 2.24) is 4.90 Å². The third-order valence-corrected chi connectivity index (χ3v) is 4.24. The van der Waals surface area contributed by atoms with Gasteiger partial charge in [-0.2, -0.15) is 0 Å². The predicted molar refractivity (Wildman–Crippen MR) is 100 cm³/mol. The average molecular weight is 362 g/mol. The van der Waals surface area contributed by atoms with Gasteiger partial charge in [-0.1, -0.05) is 13.8 Å². The van der Waals surface area contributed by atoms with Crippen LogP contribution in [0, 0.1) is 5.92 Å². The zero-order valence-corrected chi connectivity index (χ0v) is 16.9. The fourth-order valence-electron chi connectivity index (χ4n) is 1.88. The Balaban J connectivity index is 3.18. The van der Waals surface area contributed by atoms with Gasteiger partial charge < -0.3 is 23.8 Å². The first kappa shape index (κ1) is 24.5. The lowest BCUT2D eigenvalue weighted by molar-refractivity contribution is -0.123. The van der Waals surface area contributed by atoms with Gasteiger partial charge in [0.2, 0.25) is 0 Å². The summed E-state index contributed by atoms with van der Waals surface area (Å²) in [5.41, 5.74) is 0. The van der Waals surface area contributed by atoms with Crippen LogP contribution in [0.2, 0.25) is 0 Å². The fourth-order valence-corrected chi connectivity index (χ4v) is 1.88. The summed E-state index contributed by atoms with van der Waals surface area (Å²) in [5.74, 6) is 0.409. The molecule has 0 bridgehead atoms. The molecule has 6 heteroatoms. The molecule has 150 valence electrons. The molecule has 0 heterocycles. The van der Waals surface area contributed by atoms with Crippen molar-refractivity contribution in [3.8, 4) is 0 Å². The van der Waals surface area contributed by atoms with Crippen molar-refractivity contribution >= 4 is 5.78 Å². The summed E-state index contributed by atoms with van der Waals surface area (Å²) in [6, 6.07) is 0.543. The number of Topliss-reactive ketones (excluding diaryl/α,β-unsaturated/α-hetero) is 1. The van der Waals surface area contributed by atoms with Gasteiger partial charge >= 0.3 is 0 Å². The van der Waals surface area contributed by atoms with Crippen LogP contribution in [0.5, 0.6) is 0 Å². The first-order chi connectivity index (χ1) is 12.0. The van der Waals surface area contributed by atoms with Crippen LogP contribution in [-0.2, 0) is 23.7 Å². The lowest BCUT2D eigenvalue weighted by Crippen LogP contribution is -2.30. The summed E-state index contributed by atoms with van der Waals surface area (Å²) < 4.78 is 21.8. The highest BCUT2D eigenvalue weighted by molar-refractivity contribution is 5.80. The van der Waals surface area contributed by atoms with Crippen LogP contribution in [0.1, 0.15) is 40.5 Å². The molecule has 0 saturated carbocycles. The number of nitrogens with zero attached hydrogens (tertiary/aromatic N) is 1. The molecule has 0 fully saturated rings. The van der Waals surface area contributed by atoms with Crippen molar-refractivity contribution in [3.63, 3.8) is 0 Å². The summed E-state index contributed by atoms with van der Waals surface area (Å²) >= 11 is 0. The predicted octanol–water partition coefficient (Wildman–Crippen LogP) is 2.40. The maximum atomic E-state index is 11.6. The zero-order chi connectivity index (χ0) is 18.9. The number of carbonyl (C=O) groups excluding carboxylic acids is 1. The second-order valence-corrected chi connectivity index (χ2v) is 6.55. The standard InChI is InChI=1S/C19H39NO5/c1-6-18(4)19(21)7-9-22-11-13-24-15-16-25-14-12-23-10-8-20(5)17(2)3/h17-18H,6-16H2,1-5H3. The molecular formula is C19H39NO5. The first-order valence-electron chi connectivity index (χ1n) is 9.52. The van der Waals surface area contributed by atoms with E-state index >= 15 is 0 Å². The van der Waals surface area contributed by atoms with Crippen molar-refractivity contribution in [3.05, 3.63) is 0 Å². The Hall–Kier alpha value is -0.530.